The van der Waals surface area contributed by atoms with Crippen molar-refractivity contribution >= 4 is 43.1 Å². The number of rotatable bonds is 3. The van der Waals surface area contributed by atoms with Gasteiger partial charge in [0.25, 0.3) is 0 Å². The number of thiazole rings is 2. The number of fused-ring (bicyclic) bond motifs is 2. The summed E-state index contributed by atoms with van der Waals surface area (Å²) in [4.78, 5) is 8.73. The molecule has 0 amide bonds. The zero-order chi connectivity index (χ0) is 17.5. The first-order chi connectivity index (χ1) is 12.8. The third-order valence-electron chi connectivity index (χ3n) is 4.51. The lowest BCUT2D eigenvalue weighted by atomic mass is 9.98. The smallest absolute Gasteiger partial charge is 0.126 e. The van der Waals surface area contributed by atoms with E-state index < -0.39 is 0 Å². The van der Waals surface area contributed by atoms with Crippen LogP contribution in [0.5, 0.6) is 5.75 Å². The van der Waals surface area contributed by atoms with Crippen LogP contribution < -0.4 is 4.74 Å². The molecular formula is C21H14N2OS2. The van der Waals surface area contributed by atoms with Gasteiger partial charge in [-0.1, -0.05) is 18.2 Å². The van der Waals surface area contributed by atoms with E-state index in [4.69, 9.17) is 4.74 Å². The molecule has 2 heterocycles. The molecule has 0 aliphatic rings. The number of aromatic nitrogens is 2. The zero-order valence-corrected chi connectivity index (χ0v) is 15.6. The zero-order valence-electron chi connectivity index (χ0n) is 14.0. The maximum atomic E-state index is 5.62. The molecule has 0 saturated carbocycles. The van der Waals surface area contributed by atoms with Crippen molar-refractivity contribution in [2.75, 3.05) is 7.11 Å². The van der Waals surface area contributed by atoms with Crippen LogP contribution in [-0.2, 0) is 0 Å². The van der Waals surface area contributed by atoms with Gasteiger partial charge in [0.15, 0.2) is 0 Å². The average Bonchev–Trinajstić information content (AvgIpc) is 3.35. The first-order valence-corrected chi connectivity index (χ1v) is 9.93. The van der Waals surface area contributed by atoms with Gasteiger partial charge in [0.1, 0.15) is 5.75 Å². The Morgan fingerprint density at radius 1 is 0.692 bits per heavy atom. The van der Waals surface area contributed by atoms with Crippen LogP contribution in [0, 0.1) is 0 Å². The van der Waals surface area contributed by atoms with E-state index in [0.29, 0.717) is 0 Å². The predicted octanol–water partition coefficient (Wildman–Crippen LogP) is 6.25. The summed E-state index contributed by atoms with van der Waals surface area (Å²) in [5, 5.41) is 0. The Morgan fingerprint density at radius 3 is 1.96 bits per heavy atom. The molecule has 5 rings (SSSR count). The SMILES string of the molecule is COc1ccc(-c2ccc3ncsc3c2)cc1-c1ccc2ncsc2c1. The van der Waals surface area contributed by atoms with Crippen molar-refractivity contribution in [1.82, 2.24) is 9.97 Å². The Hall–Kier alpha value is -2.76. The van der Waals surface area contributed by atoms with Crippen molar-refractivity contribution in [2.24, 2.45) is 0 Å². The van der Waals surface area contributed by atoms with Gasteiger partial charge in [0.05, 0.1) is 38.6 Å². The summed E-state index contributed by atoms with van der Waals surface area (Å²) < 4.78 is 8.00. The van der Waals surface area contributed by atoms with Gasteiger partial charge in [-0.15, -0.1) is 22.7 Å². The second kappa shape index (κ2) is 6.20. The molecule has 0 aliphatic carbocycles. The lowest BCUT2D eigenvalue weighted by molar-refractivity contribution is 0.416. The van der Waals surface area contributed by atoms with Crippen LogP contribution in [0.4, 0.5) is 0 Å². The Labute approximate surface area is 158 Å². The molecule has 5 aromatic rings. The molecule has 0 atom stereocenters. The molecule has 0 fully saturated rings. The Balaban J connectivity index is 1.67. The highest BCUT2D eigenvalue weighted by molar-refractivity contribution is 7.17. The van der Waals surface area contributed by atoms with Crippen molar-refractivity contribution in [1.29, 1.82) is 0 Å². The Bertz CT molecular complexity index is 1240. The van der Waals surface area contributed by atoms with Crippen LogP contribution in [0.1, 0.15) is 0 Å². The molecule has 0 aliphatic heterocycles. The second-order valence-corrected chi connectivity index (χ2v) is 7.76. The van der Waals surface area contributed by atoms with Crippen molar-refractivity contribution in [3.63, 3.8) is 0 Å². The summed E-state index contributed by atoms with van der Waals surface area (Å²) in [6, 6.07) is 19.1. The van der Waals surface area contributed by atoms with Gasteiger partial charge in [-0.25, -0.2) is 9.97 Å². The highest BCUT2D eigenvalue weighted by Gasteiger charge is 2.10. The van der Waals surface area contributed by atoms with Gasteiger partial charge < -0.3 is 4.74 Å². The van der Waals surface area contributed by atoms with Gasteiger partial charge in [-0.05, 0) is 53.1 Å². The number of hydrogen-bond donors (Lipinski definition) is 0. The van der Waals surface area contributed by atoms with Gasteiger partial charge >= 0.3 is 0 Å². The van der Waals surface area contributed by atoms with Gasteiger partial charge in [-0.3, -0.25) is 0 Å². The number of benzene rings is 3. The minimum atomic E-state index is 0.872. The van der Waals surface area contributed by atoms with Crippen molar-refractivity contribution in [3.8, 4) is 28.0 Å². The fourth-order valence-corrected chi connectivity index (χ4v) is 4.60. The largest absolute Gasteiger partial charge is 0.496 e. The topological polar surface area (TPSA) is 35.0 Å². The highest BCUT2D eigenvalue weighted by Crippen LogP contribution is 2.37. The first kappa shape index (κ1) is 15.5. The van der Waals surface area contributed by atoms with E-state index in [1.54, 1.807) is 29.8 Å². The molecule has 0 bridgehead atoms. The summed E-state index contributed by atoms with van der Waals surface area (Å²) in [6.45, 7) is 0. The van der Waals surface area contributed by atoms with Crippen LogP contribution in [0.15, 0.2) is 65.6 Å². The number of nitrogens with zero attached hydrogens (tertiary/aromatic N) is 2. The van der Waals surface area contributed by atoms with Gasteiger partial charge in [0, 0.05) is 5.56 Å². The van der Waals surface area contributed by atoms with Gasteiger partial charge in [-0.2, -0.15) is 0 Å². The van der Waals surface area contributed by atoms with Crippen LogP contribution >= 0.6 is 22.7 Å². The molecule has 126 valence electrons. The van der Waals surface area contributed by atoms with Gasteiger partial charge in [0.2, 0.25) is 0 Å². The standard InChI is InChI=1S/C21H14N2OS2/c1-24-19-7-4-13(14-2-5-17-20(9-14)25-11-22-17)8-16(19)15-3-6-18-21(10-15)26-12-23-18/h2-12H,1H3. The third kappa shape index (κ3) is 2.57. The molecule has 0 spiro atoms. The third-order valence-corrected chi connectivity index (χ3v) is 6.09. The van der Waals surface area contributed by atoms with E-state index in [-0.39, 0.29) is 0 Å². The molecule has 0 unspecified atom stereocenters. The van der Waals surface area contributed by atoms with E-state index in [1.165, 1.54) is 20.5 Å². The predicted molar refractivity (Wildman–Crippen MR) is 110 cm³/mol. The Morgan fingerprint density at radius 2 is 1.27 bits per heavy atom. The summed E-state index contributed by atoms with van der Waals surface area (Å²) in [5.74, 6) is 0.872. The molecule has 26 heavy (non-hydrogen) atoms. The molecule has 5 heteroatoms. The van der Waals surface area contributed by atoms with Crippen molar-refractivity contribution in [3.05, 3.63) is 65.6 Å². The maximum absolute atomic E-state index is 5.62. The minimum absolute atomic E-state index is 0.872. The number of ether oxygens (including phenoxy) is 1. The van der Waals surface area contributed by atoms with E-state index in [2.05, 4.69) is 58.5 Å². The molecule has 2 aromatic heterocycles. The fourth-order valence-electron chi connectivity index (χ4n) is 3.17. The lowest BCUT2D eigenvalue weighted by Gasteiger charge is -2.12. The summed E-state index contributed by atoms with van der Waals surface area (Å²) in [7, 11) is 1.72. The quantitative estimate of drug-likeness (QED) is 0.374. The first-order valence-electron chi connectivity index (χ1n) is 8.17. The van der Waals surface area contributed by atoms with E-state index in [0.717, 1.165) is 27.9 Å². The van der Waals surface area contributed by atoms with Crippen molar-refractivity contribution < 1.29 is 4.74 Å². The van der Waals surface area contributed by atoms with Crippen LogP contribution in [0.25, 0.3) is 42.7 Å². The van der Waals surface area contributed by atoms with E-state index in [1.807, 2.05) is 17.1 Å². The Kier molecular flexibility index (Phi) is 3.69. The molecule has 3 aromatic carbocycles. The van der Waals surface area contributed by atoms with Crippen molar-refractivity contribution in [2.45, 2.75) is 0 Å². The van der Waals surface area contributed by atoms with E-state index in [9.17, 15) is 0 Å². The normalized spacial score (nSPS) is 11.3. The number of hydrogen-bond acceptors (Lipinski definition) is 5. The average molecular weight is 374 g/mol. The van der Waals surface area contributed by atoms with Crippen LogP contribution in [0.2, 0.25) is 0 Å². The molecular weight excluding hydrogens is 360 g/mol. The molecule has 0 N–H and O–H groups in total. The summed E-state index contributed by atoms with van der Waals surface area (Å²) >= 11 is 3.32. The monoisotopic (exact) mass is 374 g/mol. The number of methoxy groups -OCH3 is 1. The van der Waals surface area contributed by atoms with E-state index >= 15 is 0 Å². The lowest BCUT2D eigenvalue weighted by Crippen LogP contribution is -1.89. The summed E-state index contributed by atoms with van der Waals surface area (Å²) in [5.41, 5.74) is 10.4. The van der Waals surface area contributed by atoms with Crippen LogP contribution in [-0.4, -0.2) is 17.1 Å². The molecule has 0 saturated heterocycles. The summed E-state index contributed by atoms with van der Waals surface area (Å²) in [6.07, 6.45) is 0. The molecule has 0 radical (unpaired) electrons. The highest BCUT2D eigenvalue weighted by atomic mass is 32.1. The maximum Gasteiger partial charge on any atom is 0.126 e. The van der Waals surface area contributed by atoms with Crippen LogP contribution in [0.3, 0.4) is 0 Å². The minimum Gasteiger partial charge on any atom is -0.496 e. The molecule has 3 nitrogen and oxygen atoms in total. The second-order valence-electron chi connectivity index (χ2n) is 5.98. The fraction of sp³-hybridized carbons (Fsp3) is 0.0476.